The van der Waals surface area contributed by atoms with Gasteiger partial charge in [-0.3, -0.25) is 4.79 Å². The van der Waals surface area contributed by atoms with Crippen LogP contribution < -0.4 is 20.1 Å². The number of hydrogen-bond donors (Lipinski definition) is 2. The summed E-state index contributed by atoms with van der Waals surface area (Å²) in [6, 6.07) is 5.20. The molecule has 0 atom stereocenters. The zero-order chi connectivity index (χ0) is 14.8. The molecule has 0 radical (unpaired) electrons. The number of aldehydes is 1. The Bertz CT molecular complexity index is 440. The molecule has 0 amide bonds. The number of benzene rings is 1. The molecule has 1 aromatic carbocycles. The van der Waals surface area contributed by atoms with Gasteiger partial charge in [0, 0.05) is 31.7 Å². The molecular weight excluding hydrogens is 272 g/mol. The molecule has 0 aromatic heterocycles. The van der Waals surface area contributed by atoms with E-state index in [1.165, 1.54) is 0 Å². The van der Waals surface area contributed by atoms with Gasteiger partial charge in [-0.15, -0.1) is 0 Å². The molecule has 6 nitrogen and oxygen atoms in total. The van der Waals surface area contributed by atoms with Crippen LogP contribution in [0.2, 0.25) is 0 Å². The SMILES string of the molecule is O=Cc1ccc2c(c1)OCCNCCOCCNCCO2. The van der Waals surface area contributed by atoms with Gasteiger partial charge in [0.15, 0.2) is 11.5 Å². The number of rotatable bonds is 1. The average Bonchev–Trinajstić information content (AvgIpc) is 2.52. The summed E-state index contributed by atoms with van der Waals surface area (Å²) in [5.74, 6) is 1.26. The fraction of sp³-hybridized carbons (Fsp3) is 0.533. The summed E-state index contributed by atoms with van der Waals surface area (Å²) in [7, 11) is 0. The molecule has 0 saturated heterocycles. The predicted octanol–water partition coefficient (Wildman–Crippen LogP) is 0.466. The number of nitrogens with one attached hydrogen (secondary N) is 2. The van der Waals surface area contributed by atoms with E-state index in [1.807, 2.05) is 0 Å². The largest absolute Gasteiger partial charge is 0.488 e. The maximum atomic E-state index is 10.9. The van der Waals surface area contributed by atoms with Crippen LogP contribution in [0.5, 0.6) is 11.5 Å². The number of carbonyl (C=O) groups is 1. The Hall–Kier alpha value is -1.63. The zero-order valence-electron chi connectivity index (χ0n) is 12.1. The maximum absolute atomic E-state index is 10.9. The fourth-order valence-corrected chi connectivity index (χ4v) is 1.94. The molecule has 1 aliphatic rings. The number of hydrogen-bond acceptors (Lipinski definition) is 6. The van der Waals surface area contributed by atoms with E-state index in [4.69, 9.17) is 14.2 Å². The molecule has 1 heterocycles. The minimum atomic E-state index is 0.511. The molecule has 0 aliphatic carbocycles. The highest BCUT2D eigenvalue weighted by Gasteiger charge is 2.07. The van der Waals surface area contributed by atoms with Crippen LogP contribution in [0.1, 0.15) is 10.4 Å². The Morgan fingerprint density at radius 3 is 2.14 bits per heavy atom. The van der Waals surface area contributed by atoms with Crippen molar-refractivity contribution in [2.24, 2.45) is 0 Å². The van der Waals surface area contributed by atoms with E-state index in [9.17, 15) is 4.79 Å². The number of ether oxygens (including phenoxy) is 3. The van der Waals surface area contributed by atoms with E-state index in [-0.39, 0.29) is 0 Å². The highest BCUT2D eigenvalue weighted by Crippen LogP contribution is 2.27. The van der Waals surface area contributed by atoms with Crippen LogP contribution in [-0.4, -0.2) is 58.9 Å². The van der Waals surface area contributed by atoms with Crippen molar-refractivity contribution < 1.29 is 19.0 Å². The van der Waals surface area contributed by atoms with E-state index in [1.54, 1.807) is 18.2 Å². The van der Waals surface area contributed by atoms with Gasteiger partial charge in [-0.25, -0.2) is 0 Å². The van der Waals surface area contributed by atoms with E-state index >= 15 is 0 Å². The molecule has 0 spiro atoms. The normalized spacial score (nSPS) is 18.3. The number of carbonyl (C=O) groups excluding carboxylic acids is 1. The van der Waals surface area contributed by atoms with Gasteiger partial charge in [-0.1, -0.05) is 0 Å². The Labute approximate surface area is 124 Å². The van der Waals surface area contributed by atoms with Crippen LogP contribution >= 0.6 is 0 Å². The van der Waals surface area contributed by atoms with Crippen LogP contribution in [0.4, 0.5) is 0 Å². The summed E-state index contributed by atoms with van der Waals surface area (Å²) in [6.45, 7) is 5.47. The second-order valence-electron chi connectivity index (χ2n) is 4.63. The Kier molecular flexibility index (Phi) is 7.00. The van der Waals surface area contributed by atoms with Gasteiger partial charge >= 0.3 is 0 Å². The predicted molar refractivity (Wildman–Crippen MR) is 79.4 cm³/mol. The monoisotopic (exact) mass is 294 g/mol. The van der Waals surface area contributed by atoms with Crippen molar-refractivity contribution in [2.75, 3.05) is 52.6 Å². The van der Waals surface area contributed by atoms with Crippen LogP contribution in [0.15, 0.2) is 18.2 Å². The summed E-state index contributed by atoms with van der Waals surface area (Å²) >= 11 is 0. The van der Waals surface area contributed by atoms with Crippen LogP contribution in [0.3, 0.4) is 0 Å². The van der Waals surface area contributed by atoms with Gasteiger partial charge in [0.1, 0.15) is 19.5 Å². The third-order valence-corrected chi connectivity index (χ3v) is 3.02. The van der Waals surface area contributed by atoms with Gasteiger partial charge in [0.2, 0.25) is 0 Å². The molecule has 0 bridgehead atoms. The molecule has 0 unspecified atom stereocenters. The molecule has 1 aliphatic heterocycles. The van der Waals surface area contributed by atoms with Gasteiger partial charge in [0.25, 0.3) is 0 Å². The Morgan fingerprint density at radius 1 is 0.857 bits per heavy atom. The standard InChI is InChI=1S/C15H22N2O4/c18-12-13-1-2-14-15(11-13)21-10-6-17-4-8-19-7-3-16-5-9-20-14/h1-2,11-12,16-17H,3-10H2. The molecule has 0 fully saturated rings. The summed E-state index contributed by atoms with van der Waals surface area (Å²) in [4.78, 5) is 10.9. The van der Waals surface area contributed by atoms with Crippen molar-refractivity contribution >= 4 is 6.29 Å². The third-order valence-electron chi connectivity index (χ3n) is 3.02. The van der Waals surface area contributed by atoms with Crippen molar-refractivity contribution in [3.63, 3.8) is 0 Å². The third kappa shape index (κ3) is 5.71. The summed E-state index contributed by atoms with van der Waals surface area (Å²) in [5.41, 5.74) is 0.578. The first-order valence-electron chi connectivity index (χ1n) is 7.24. The van der Waals surface area contributed by atoms with E-state index in [0.29, 0.717) is 50.0 Å². The van der Waals surface area contributed by atoms with Gasteiger partial charge < -0.3 is 24.8 Å². The van der Waals surface area contributed by atoms with E-state index in [2.05, 4.69) is 10.6 Å². The van der Waals surface area contributed by atoms with Crippen LogP contribution in [0.25, 0.3) is 0 Å². The second kappa shape index (κ2) is 9.33. The maximum Gasteiger partial charge on any atom is 0.161 e. The molecule has 2 rings (SSSR count). The summed E-state index contributed by atoms with van der Waals surface area (Å²) < 4.78 is 16.9. The molecule has 21 heavy (non-hydrogen) atoms. The summed E-state index contributed by atoms with van der Waals surface area (Å²) in [6.07, 6.45) is 0.802. The Balaban J connectivity index is 1.98. The van der Waals surface area contributed by atoms with Gasteiger partial charge in [-0.05, 0) is 18.2 Å². The molecule has 116 valence electrons. The van der Waals surface area contributed by atoms with Crippen LogP contribution in [-0.2, 0) is 4.74 Å². The number of fused-ring (bicyclic) bond motifs is 1. The first-order valence-corrected chi connectivity index (χ1v) is 7.24. The second-order valence-corrected chi connectivity index (χ2v) is 4.63. The lowest BCUT2D eigenvalue weighted by Crippen LogP contribution is -2.27. The lowest BCUT2D eigenvalue weighted by molar-refractivity contribution is 0.112. The first kappa shape index (κ1) is 15.8. The van der Waals surface area contributed by atoms with Crippen molar-refractivity contribution in [2.45, 2.75) is 0 Å². The first-order chi connectivity index (χ1) is 10.4. The molecule has 1 aromatic rings. The highest BCUT2D eigenvalue weighted by atomic mass is 16.5. The molecule has 0 saturated carbocycles. The zero-order valence-corrected chi connectivity index (χ0v) is 12.1. The lowest BCUT2D eigenvalue weighted by Gasteiger charge is -2.13. The minimum absolute atomic E-state index is 0.511. The van der Waals surface area contributed by atoms with Crippen molar-refractivity contribution in [1.82, 2.24) is 10.6 Å². The fourth-order valence-electron chi connectivity index (χ4n) is 1.94. The minimum Gasteiger partial charge on any atom is -0.488 e. The lowest BCUT2D eigenvalue weighted by atomic mass is 10.2. The van der Waals surface area contributed by atoms with Crippen molar-refractivity contribution in [1.29, 1.82) is 0 Å². The average molecular weight is 294 g/mol. The smallest absolute Gasteiger partial charge is 0.161 e. The molecule has 6 heteroatoms. The van der Waals surface area contributed by atoms with E-state index < -0.39 is 0 Å². The molecule has 2 N–H and O–H groups in total. The van der Waals surface area contributed by atoms with Gasteiger partial charge in [-0.2, -0.15) is 0 Å². The van der Waals surface area contributed by atoms with E-state index in [0.717, 1.165) is 25.9 Å². The quantitative estimate of drug-likeness (QED) is 0.734. The summed E-state index contributed by atoms with van der Waals surface area (Å²) in [5, 5.41) is 6.47. The van der Waals surface area contributed by atoms with Crippen molar-refractivity contribution in [3.8, 4) is 11.5 Å². The van der Waals surface area contributed by atoms with Crippen molar-refractivity contribution in [3.05, 3.63) is 23.8 Å². The topological polar surface area (TPSA) is 68.8 Å². The Morgan fingerprint density at radius 2 is 1.48 bits per heavy atom. The molecular formula is C15H22N2O4. The highest BCUT2D eigenvalue weighted by molar-refractivity contribution is 5.76. The van der Waals surface area contributed by atoms with Crippen LogP contribution in [0, 0.1) is 0 Å². The van der Waals surface area contributed by atoms with Gasteiger partial charge in [0.05, 0.1) is 13.2 Å².